The zero-order chi connectivity index (χ0) is 16.2. The molecular formula is C18H18N6. The van der Waals surface area contributed by atoms with E-state index < -0.39 is 0 Å². The predicted molar refractivity (Wildman–Crippen MR) is 90.4 cm³/mol. The van der Waals surface area contributed by atoms with Gasteiger partial charge in [-0.1, -0.05) is 18.2 Å². The molecule has 1 aromatic carbocycles. The minimum absolute atomic E-state index is 0.756. The molecule has 120 valence electrons. The maximum Gasteiger partial charge on any atom is 0.0659 e. The van der Waals surface area contributed by atoms with Gasteiger partial charge in [0, 0.05) is 37.2 Å². The summed E-state index contributed by atoms with van der Waals surface area (Å²) < 4.78 is 5.81. The number of hydrogen-bond donors (Lipinski definition) is 0. The van der Waals surface area contributed by atoms with Gasteiger partial charge in [0.1, 0.15) is 0 Å². The quantitative estimate of drug-likeness (QED) is 0.548. The van der Waals surface area contributed by atoms with Crippen molar-refractivity contribution < 1.29 is 0 Å². The molecule has 6 nitrogen and oxygen atoms in total. The van der Waals surface area contributed by atoms with Gasteiger partial charge in [-0.05, 0) is 34.9 Å². The van der Waals surface area contributed by atoms with Crippen LogP contribution in [0.3, 0.4) is 0 Å². The first-order valence-electron chi connectivity index (χ1n) is 7.89. The molecule has 0 bridgehead atoms. The number of aromatic nitrogens is 6. The zero-order valence-electron chi connectivity index (χ0n) is 13.2. The molecule has 6 heteroatoms. The van der Waals surface area contributed by atoms with Crippen molar-refractivity contribution in [1.29, 1.82) is 0 Å². The summed E-state index contributed by atoms with van der Waals surface area (Å²) in [5, 5.41) is 12.9. The average molecular weight is 318 g/mol. The van der Waals surface area contributed by atoms with Crippen LogP contribution in [0.25, 0.3) is 0 Å². The van der Waals surface area contributed by atoms with E-state index in [-0.39, 0.29) is 0 Å². The van der Waals surface area contributed by atoms with E-state index in [9.17, 15) is 0 Å². The van der Waals surface area contributed by atoms with Crippen molar-refractivity contribution in [3.05, 3.63) is 90.3 Å². The monoisotopic (exact) mass is 318 g/mol. The summed E-state index contributed by atoms with van der Waals surface area (Å²) in [6, 6.07) is 12.5. The summed E-state index contributed by atoms with van der Waals surface area (Å²) >= 11 is 0. The molecule has 0 aliphatic carbocycles. The Kier molecular flexibility index (Phi) is 3.93. The van der Waals surface area contributed by atoms with Crippen LogP contribution in [0.1, 0.15) is 16.7 Å². The Morgan fingerprint density at radius 1 is 0.542 bits per heavy atom. The fourth-order valence-electron chi connectivity index (χ4n) is 2.86. The molecule has 0 N–H and O–H groups in total. The molecule has 3 aromatic heterocycles. The van der Waals surface area contributed by atoms with Gasteiger partial charge < -0.3 is 0 Å². The Labute approximate surface area is 140 Å². The summed E-state index contributed by atoms with van der Waals surface area (Å²) in [5.41, 5.74) is 3.68. The first-order valence-corrected chi connectivity index (χ1v) is 7.89. The summed E-state index contributed by atoms with van der Waals surface area (Å²) in [6.07, 6.45) is 11.3. The maximum absolute atomic E-state index is 4.30. The van der Waals surface area contributed by atoms with Gasteiger partial charge in [0.25, 0.3) is 0 Å². The Balaban J connectivity index is 1.63. The Morgan fingerprint density at radius 2 is 0.875 bits per heavy atom. The summed E-state index contributed by atoms with van der Waals surface area (Å²) in [7, 11) is 0. The van der Waals surface area contributed by atoms with Gasteiger partial charge in [0.15, 0.2) is 0 Å². The molecule has 24 heavy (non-hydrogen) atoms. The van der Waals surface area contributed by atoms with Gasteiger partial charge in [-0.25, -0.2) is 0 Å². The highest BCUT2D eigenvalue weighted by atomic mass is 15.3. The van der Waals surface area contributed by atoms with Crippen molar-refractivity contribution in [1.82, 2.24) is 29.3 Å². The largest absolute Gasteiger partial charge is 0.268 e. The zero-order valence-corrected chi connectivity index (χ0v) is 13.2. The topological polar surface area (TPSA) is 53.5 Å². The smallest absolute Gasteiger partial charge is 0.0659 e. The molecule has 3 heterocycles. The third-order valence-electron chi connectivity index (χ3n) is 3.82. The first kappa shape index (κ1) is 14.4. The summed E-state index contributed by atoms with van der Waals surface area (Å²) in [4.78, 5) is 0. The predicted octanol–water partition coefficient (Wildman–Crippen LogP) is 2.42. The lowest BCUT2D eigenvalue weighted by atomic mass is 10.1. The number of rotatable bonds is 6. The Morgan fingerprint density at radius 3 is 1.12 bits per heavy atom. The van der Waals surface area contributed by atoms with Gasteiger partial charge in [0.05, 0.1) is 19.6 Å². The van der Waals surface area contributed by atoms with E-state index in [4.69, 9.17) is 0 Å². The van der Waals surface area contributed by atoms with E-state index >= 15 is 0 Å². The maximum atomic E-state index is 4.30. The standard InChI is InChI=1S/C18H18N6/c1-4-19-22(7-1)13-16-10-17(14-23-8-2-5-20-23)12-18(11-16)15-24-9-3-6-21-24/h1-12H,13-15H2. The lowest BCUT2D eigenvalue weighted by molar-refractivity contribution is 0.661. The van der Waals surface area contributed by atoms with Crippen molar-refractivity contribution in [2.75, 3.05) is 0 Å². The first-order chi connectivity index (χ1) is 11.8. The van der Waals surface area contributed by atoms with Crippen molar-refractivity contribution in [3.8, 4) is 0 Å². The molecule has 0 saturated carbocycles. The van der Waals surface area contributed by atoms with Crippen molar-refractivity contribution in [3.63, 3.8) is 0 Å². The van der Waals surface area contributed by atoms with Gasteiger partial charge in [-0.2, -0.15) is 15.3 Å². The average Bonchev–Trinajstić information content (AvgIpc) is 3.30. The van der Waals surface area contributed by atoms with E-state index in [0.717, 1.165) is 19.6 Å². The Hall–Kier alpha value is -3.15. The summed E-state index contributed by atoms with van der Waals surface area (Å²) in [6.45, 7) is 2.27. The van der Waals surface area contributed by atoms with E-state index in [2.05, 4.69) is 33.5 Å². The van der Waals surface area contributed by atoms with Gasteiger partial charge in [-0.15, -0.1) is 0 Å². The fraction of sp³-hybridized carbons (Fsp3) is 0.167. The lowest BCUT2D eigenvalue weighted by Gasteiger charge is -2.11. The highest BCUT2D eigenvalue weighted by molar-refractivity contribution is 5.31. The van der Waals surface area contributed by atoms with E-state index in [1.807, 2.05) is 50.8 Å². The molecule has 4 rings (SSSR count). The molecule has 0 amide bonds. The normalized spacial score (nSPS) is 11.0. The van der Waals surface area contributed by atoms with Crippen LogP contribution in [0.15, 0.2) is 73.6 Å². The van der Waals surface area contributed by atoms with Crippen LogP contribution in [-0.4, -0.2) is 29.3 Å². The van der Waals surface area contributed by atoms with Crippen LogP contribution in [-0.2, 0) is 19.6 Å². The second kappa shape index (κ2) is 6.54. The second-order valence-electron chi connectivity index (χ2n) is 5.77. The van der Waals surface area contributed by atoms with Gasteiger partial charge in [-0.3, -0.25) is 14.0 Å². The minimum atomic E-state index is 0.756. The molecule has 0 aliphatic heterocycles. The molecular weight excluding hydrogens is 300 g/mol. The second-order valence-corrected chi connectivity index (χ2v) is 5.77. The fourth-order valence-corrected chi connectivity index (χ4v) is 2.86. The van der Waals surface area contributed by atoms with Crippen LogP contribution in [0.5, 0.6) is 0 Å². The molecule has 0 unspecified atom stereocenters. The summed E-state index contributed by atoms with van der Waals surface area (Å²) in [5.74, 6) is 0. The third kappa shape index (κ3) is 3.43. The van der Waals surface area contributed by atoms with Crippen LogP contribution in [0.4, 0.5) is 0 Å². The molecule has 0 atom stereocenters. The van der Waals surface area contributed by atoms with Crippen molar-refractivity contribution >= 4 is 0 Å². The van der Waals surface area contributed by atoms with E-state index in [1.54, 1.807) is 18.6 Å². The van der Waals surface area contributed by atoms with Crippen molar-refractivity contribution in [2.45, 2.75) is 19.6 Å². The van der Waals surface area contributed by atoms with E-state index in [1.165, 1.54) is 16.7 Å². The van der Waals surface area contributed by atoms with Gasteiger partial charge in [0.2, 0.25) is 0 Å². The number of benzene rings is 1. The van der Waals surface area contributed by atoms with Crippen LogP contribution >= 0.6 is 0 Å². The molecule has 4 aromatic rings. The van der Waals surface area contributed by atoms with E-state index in [0.29, 0.717) is 0 Å². The molecule has 0 aliphatic rings. The van der Waals surface area contributed by atoms with Crippen LogP contribution in [0, 0.1) is 0 Å². The van der Waals surface area contributed by atoms with Crippen LogP contribution < -0.4 is 0 Å². The Bertz CT molecular complexity index is 744. The highest BCUT2D eigenvalue weighted by Crippen LogP contribution is 2.14. The number of nitrogens with zero attached hydrogens (tertiary/aromatic N) is 6. The molecule has 0 fully saturated rings. The molecule has 0 saturated heterocycles. The van der Waals surface area contributed by atoms with Gasteiger partial charge >= 0.3 is 0 Å². The third-order valence-corrected chi connectivity index (χ3v) is 3.82. The van der Waals surface area contributed by atoms with Crippen molar-refractivity contribution in [2.24, 2.45) is 0 Å². The lowest BCUT2D eigenvalue weighted by Crippen LogP contribution is -2.07. The van der Waals surface area contributed by atoms with Crippen LogP contribution in [0.2, 0.25) is 0 Å². The SMILES string of the molecule is c1cnn(Cc2cc(Cn3cccn3)cc(Cn3cccn3)c2)c1. The number of hydrogen-bond acceptors (Lipinski definition) is 3. The highest BCUT2D eigenvalue weighted by Gasteiger charge is 2.05. The molecule has 0 spiro atoms. The molecule has 0 radical (unpaired) electrons. The minimum Gasteiger partial charge on any atom is -0.268 e.